The molecule has 0 saturated heterocycles. The third-order valence-electron chi connectivity index (χ3n) is 3.91. The summed E-state index contributed by atoms with van der Waals surface area (Å²) in [5.74, 6) is 1.59. The topological polar surface area (TPSA) is 12.0 Å². The highest BCUT2D eigenvalue weighted by atomic mass is 35.5. The van der Waals surface area contributed by atoms with E-state index in [1.165, 1.54) is 51.4 Å². The Morgan fingerprint density at radius 2 is 1.57 bits per heavy atom. The fraction of sp³-hybridized carbons (Fsp3) is 1.00. The fourth-order valence-corrected chi connectivity index (χ4v) is 3.38. The predicted molar refractivity (Wildman–Crippen MR) is 61.9 cm³/mol. The van der Waals surface area contributed by atoms with Crippen molar-refractivity contribution in [3.63, 3.8) is 0 Å². The SMILES string of the molecule is ClCC1CCCCC1NC1CCCC1. The van der Waals surface area contributed by atoms with Crippen LogP contribution in [0.4, 0.5) is 0 Å². The normalized spacial score (nSPS) is 34.9. The molecule has 2 aliphatic carbocycles. The van der Waals surface area contributed by atoms with Gasteiger partial charge in [-0.3, -0.25) is 0 Å². The highest BCUT2D eigenvalue weighted by molar-refractivity contribution is 6.18. The lowest BCUT2D eigenvalue weighted by molar-refractivity contribution is 0.261. The first-order valence-electron chi connectivity index (χ1n) is 6.22. The maximum Gasteiger partial charge on any atom is 0.0266 e. The standard InChI is InChI=1S/C12H22ClN/c13-9-10-5-1-4-8-12(10)14-11-6-2-3-7-11/h10-12,14H,1-9H2. The molecule has 2 heteroatoms. The van der Waals surface area contributed by atoms with Gasteiger partial charge < -0.3 is 5.32 Å². The van der Waals surface area contributed by atoms with Gasteiger partial charge in [0, 0.05) is 18.0 Å². The van der Waals surface area contributed by atoms with E-state index in [0.717, 1.165) is 23.9 Å². The zero-order valence-electron chi connectivity index (χ0n) is 8.97. The van der Waals surface area contributed by atoms with E-state index in [4.69, 9.17) is 11.6 Å². The zero-order chi connectivity index (χ0) is 9.80. The van der Waals surface area contributed by atoms with E-state index in [-0.39, 0.29) is 0 Å². The molecule has 82 valence electrons. The van der Waals surface area contributed by atoms with Gasteiger partial charge in [0.2, 0.25) is 0 Å². The summed E-state index contributed by atoms with van der Waals surface area (Å²) >= 11 is 6.02. The van der Waals surface area contributed by atoms with E-state index >= 15 is 0 Å². The summed E-state index contributed by atoms with van der Waals surface area (Å²) < 4.78 is 0. The van der Waals surface area contributed by atoms with Crippen molar-refractivity contribution in [3.8, 4) is 0 Å². The average Bonchev–Trinajstić information content (AvgIpc) is 2.71. The van der Waals surface area contributed by atoms with Gasteiger partial charge in [-0.05, 0) is 31.6 Å². The molecule has 2 atom stereocenters. The lowest BCUT2D eigenvalue weighted by Crippen LogP contribution is -2.44. The summed E-state index contributed by atoms with van der Waals surface area (Å²) in [7, 11) is 0. The van der Waals surface area contributed by atoms with Crippen molar-refractivity contribution in [2.45, 2.75) is 63.5 Å². The molecule has 0 radical (unpaired) electrons. The van der Waals surface area contributed by atoms with Crippen molar-refractivity contribution in [2.75, 3.05) is 5.88 Å². The molecule has 0 aliphatic heterocycles. The Morgan fingerprint density at radius 3 is 2.29 bits per heavy atom. The van der Waals surface area contributed by atoms with Gasteiger partial charge in [-0.15, -0.1) is 11.6 Å². The highest BCUT2D eigenvalue weighted by Gasteiger charge is 2.27. The summed E-state index contributed by atoms with van der Waals surface area (Å²) in [6.07, 6.45) is 11.1. The quantitative estimate of drug-likeness (QED) is 0.713. The van der Waals surface area contributed by atoms with Gasteiger partial charge in [-0.2, -0.15) is 0 Å². The molecule has 2 fully saturated rings. The van der Waals surface area contributed by atoms with Crippen molar-refractivity contribution < 1.29 is 0 Å². The van der Waals surface area contributed by atoms with E-state index in [2.05, 4.69) is 5.32 Å². The zero-order valence-corrected chi connectivity index (χ0v) is 9.73. The second-order valence-corrected chi connectivity index (χ2v) is 5.26. The molecule has 2 unspecified atom stereocenters. The van der Waals surface area contributed by atoms with Gasteiger partial charge in [0.15, 0.2) is 0 Å². The van der Waals surface area contributed by atoms with Crippen molar-refractivity contribution in [2.24, 2.45) is 5.92 Å². The van der Waals surface area contributed by atoms with Crippen LogP contribution in [0.2, 0.25) is 0 Å². The Hall–Kier alpha value is 0.250. The number of alkyl halides is 1. The van der Waals surface area contributed by atoms with Crippen molar-refractivity contribution >= 4 is 11.6 Å². The second kappa shape index (κ2) is 5.37. The van der Waals surface area contributed by atoms with Gasteiger partial charge in [-0.25, -0.2) is 0 Å². The minimum absolute atomic E-state index is 0.726. The van der Waals surface area contributed by atoms with Crippen LogP contribution < -0.4 is 5.32 Å². The van der Waals surface area contributed by atoms with Crippen LogP contribution in [-0.2, 0) is 0 Å². The first-order chi connectivity index (χ1) is 6.90. The molecule has 2 saturated carbocycles. The summed E-state index contributed by atoms with van der Waals surface area (Å²) in [6.45, 7) is 0. The van der Waals surface area contributed by atoms with Crippen molar-refractivity contribution in [1.82, 2.24) is 5.32 Å². The van der Waals surface area contributed by atoms with E-state index in [1.54, 1.807) is 0 Å². The molecule has 1 nitrogen and oxygen atoms in total. The van der Waals surface area contributed by atoms with Gasteiger partial charge >= 0.3 is 0 Å². The molecule has 0 aromatic carbocycles. The van der Waals surface area contributed by atoms with Crippen LogP contribution in [0.25, 0.3) is 0 Å². The molecular weight excluding hydrogens is 194 g/mol. The fourth-order valence-electron chi connectivity index (χ4n) is 3.01. The minimum Gasteiger partial charge on any atom is -0.311 e. The Kier molecular flexibility index (Phi) is 4.12. The molecule has 2 rings (SSSR count). The maximum atomic E-state index is 6.02. The predicted octanol–water partition coefficient (Wildman–Crippen LogP) is 3.32. The minimum atomic E-state index is 0.726. The maximum absolute atomic E-state index is 6.02. The van der Waals surface area contributed by atoms with Crippen molar-refractivity contribution in [1.29, 1.82) is 0 Å². The van der Waals surface area contributed by atoms with Gasteiger partial charge in [0.05, 0.1) is 0 Å². The van der Waals surface area contributed by atoms with Gasteiger partial charge in [0.1, 0.15) is 0 Å². The smallest absolute Gasteiger partial charge is 0.0266 e. The molecule has 0 amide bonds. The molecule has 0 heterocycles. The van der Waals surface area contributed by atoms with E-state index in [9.17, 15) is 0 Å². The monoisotopic (exact) mass is 215 g/mol. The highest BCUT2D eigenvalue weighted by Crippen LogP contribution is 2.28. The van der Waals surface area contributed by atoms with Gasteiger partial charge in [-0.1, -0.05) is 25.7 Å². The number of rotatable bonds is 3. The lowest BCUT2D eigenvalue weighted by Gasteiger charge is -2.33. The first-order valence-corrected chi connectivity index (χ1v) is 6.75. The molecule has 0 spiro atoms. The lowest BCUT2D eigenvalue weighted by atomic mass is 9.85. The van der Waals surface area contributed by atoms with E-state index in [1.807, 2.05) is 0 Å². The van der Waals surface area contributed by atoms with Crippen molar-refractivity contribution in [3.05, 3.63) is 0 Å². The third kappa shape index (κ3) is 2.64. The Bertz CT molecular complexity index is 166. The van der Waals surface area contributed by atoms with Crippen LogP contribution in [0.3, 0.4) is 0 Å². The van der Waals surface area contributed by atoms with Gasteiger partial charge in [0.25, 0.3) is 0 Å². The van der Waals surface area contributed by atoms with Crippen LogP contribution in [0, 0.1) is 5.92 Å². The summed E-state index contributed by atoms with van der Waals surface area (Å²) in [5, 5.41) is 3.83. The molecule has 2 aliphatic rings. The Morgan fingerprint density at radius 1 is 0.929 bits per heavy atom. The molecule has 1 N–H and O–H groups in total. The van der Waals surface area contributed by atoms with Crippen LogP contribution in [0.1, 0.15) is 51.4 Å². The number of nitrogens with one attached hydrogen (secondary N) is 1. The molecule has 0 bridgehead atoms. The second-order valence-electron chi connectivity index (χ2n) is 4.95. The molecular formula is C12H22ClN. The summed E-state index contributed by atoms with van der Waals surface area (Å²) in [6, 6.07) is 1.54. The number of hydrogen-bond donors (Lipinski definition) is 1. The number of hydrogen-bond acceptors (Lipinski definition) is 1. The van der Waals surface area contributed by atoms with E-state index < -0.39 is 0 Å². The molecule has 0 aromatic heterocycles. The largest absolute Gasteiger partial charge is 0.311 e. The summed E-state index contributed by atoms with van der Waals surface area (Å²) in [5.41, 5.74) is 0. The first kappa shape index (κ1) is 10.8. The number of halogens is 1. The van der Waals surface area contributed by atoms with Crippen LogP contribution in [-0.4, -0.2) is 18.0 Å². The molecule has 14 heavy (non-hydrogen) atoms. The van der Waals surface area contributed by atoms with Crippen LogP contribution in [0.15, 0.2) is 0 Å². The van der Waals surface area contributed by atoms with Crippen LogP contribution in [0.5, 0.6) is 0 Å². The summed E-state index contributed by atoms with van der Waals surface area (Å²) in [4.78, 5) is 0. The average molecular weight is 216 g/mol. The van der Waals surface area contributed by atoms with Crippen LogP contribution >= 0.6 is 11.6 Å². The Labute approximate surface area is 92.6 Å². The Balaban J connectivity index is 1.81. The third-order valence-corrected chi connectivity index (χ3v) is 4.31. The van der Waals surface area contributed by atoms with E-state index in [0.29, 0.717) is 0 Å². The molecule has 0 aromatic rings.